The third-order valence-electron chi connectivity index (χ3n) is 2.57. The van der Waals surface area contributed by atoms with Crippen LogP contribution in [0.4, 0.5) is 5.69 Å². The minimum atomic E-state index is -0.183. The molecule has 0 saturated carbocycles. The van der Waals surface area contributed by atoms with Crippen LogP contribution in [0, 0.1) is 0 Å². The molecule has 0 aliphatic carbocycles. The summed E-state index contributed by atoms with van der Waals surface area (Å²) in [5.74, 6) is 0.570. The Morgan fingerprint density at radius 1 is 1.42 bits per heavy atom. The number of halogens is 1. The van der Waals surface area contributed by atoms with Gasteiger partial charge in [-0.1, -0.05) is 6.07 Å². The van der Waals surface area contributed by atoms with Crippen LogP contribution in [0.3, 0.4) is 0 Å². The van der Waals surface area contributed by atoms with Gasteiger partial charge in [0.25, 0.3) is 5.56 Å². The number of nitrogens with zero attached hydrogens (tertiary/aromatic N) is 3. The second kappa shape index (κ2) is 5.83. The predicted molar refractivity (Wildman–Crippen MR) is 75.3 cm³/mol. The first kappa shape index (κ1) is 13.5. The second-order valence-electron chi connectivity index (χ2n) is 3.86. The molecule has 2 rings (SSSR count). The number of anilines is 1. The summed E-state index contributed by atoms with van der Waals surface area (Å²) in [6, 6.07) is 3.69. The third kappa shape index (κ3) is 3.11. The van der Waals surface area contributed by atoms with Crippen LogP contribution in [0.5, 0.6) is 5.88 Å². The number of pyridine rings is 1. The van der Waals surface area contributed by atoms with Crippen molar-refractivity contribution in [2.75, 3.05) is 12.4 Å². The van der Waals surface area contributed by atoms with Gasteiger partial charge in [-0.25, -0.2) is 9.67 Å². The fourth-order valence-electron chi connectivity index (χ4n) is 1.47. The molecule has 19 heavy (non-hydrogen) atoms. The Labute approximate surface area is 118 Å². The highest BCUT2D eigenvalue weighted by molar-refractivity contribution is 9.10. The normalized spacial score (nSPS) is 10.3. The van der Waals surface area contributed by atoms with Crippen LogP contribution in [-0.2, 0) is 13.6 Å². The average Bonchev–Trinajstić information content (AvgIpc) is 2.45. The number of nitrogens with one attached hydrogen (secondary N) is 1. The van der Waals surface area contributed by atoms with E-state index in [1.54, 1.807) is 32.6 Å². The van der Waals surface area contributed by atoms with Gasteiger partial charge in [0.15, 0.2) is 0 Å². The Bertz CT molecular complexity index is 625. The lowest BCUT2D eigenvalue weighted by Gasteiger charge is -2.08. The summed E-state index contributed by atoms with van der Waals surface area (Å²) in [6.07, 6.45) is 3.32. The molecule has 0 aliphatic heterocycles. The van der Waals surface area contributed by atoms with E-state index in [0.717, 1.165) is 5.56 Å². The maximum atomic E-state index is 11.7. The van der Waals surface area contributed by atoms with Gasteiger partial charge in [0, 0.05) is 25.9 Å². The van der Waals surface area contributed by atoms with Crippen LogP contribution in [0.1, 0.15) is 5.56 Å². The van der Waals surface area contributed by atoms with E-state index in [0.29, 0.717) is 22.6 Å². The summed E-state index contributed by atoms with van der Waals surface area (Å²) < 4.78 is 6.72. The predicted octanol–water partition coefficient (Wildman–Crippen LogP) is 1.56. The van der Waals surface area contributed by atoms with Crippen LogP contribution in [0.15, 0.2) is 33.8 Å². The zero-order chi connectivity index (χ0) is 13.8. The Balaban J connectivity index is 2.10. The highest BCUT2D eigenvalue weighted by atomic mass is 79.9. The van der Waals surface area contributed by atoms with Crippen LogP contribution in [-0.4, -0.2) is 21.9 Å². The molecule has 2 aromatic heterocycles. The fraction of sp³-hybridized carbons (Fsp3) is 0.250. The SMILES string of the molecule is COc1ccc(CNc2cnn(C)c(=O)c2Br)cn1. The summed E-state index contributed by atoms with van der Waals surface area (Å²) in [5, 5.41) is 7.09. The van der Waals surface area contributed by atoms with E-state index >= 15 is 0 Å². The van der Waals surface area contributed by atoms with Gasteiger partial charge in [-0.2, -0.15) is 5.10 Å². The fourth-order valence-corrected chi connectivity index (χ4v) is 1.97. The highest BCUT2D eigenvalue weighted by Crippen LogP contribution is 2.17. The first-order valence-corrected chi connectivity index (χ1v) is 6.35. The van der Waals surface area contributed by atoms with Gasteiger partial charge in [-0.05, 0) is 21.5 Å². The molecular formula is C12H13BrN4O2. The topological polar surface area (TPSA) is 69.0 Å². The lowest BCUT2D eigenvalue weighted by molar-refractivity contribution is 0.397. The second-order valence-corrected chi connectivity index (χ2v) is 4.66. The lowest BCUT2D eigenvalue weighted by atomic mass is 10.3. The number of ether oxygens (including phenoxy) is 1. The zero-order valence-electron chi connectivity index (χ0n) is 10.6. The van der Waals surface area contributed by atoms with Crippen molar-refractivity contribution in [3.63, 3.8) is 0 Å². The minimum Gasteiger partial charge on any atom is -0.481 e. The molecule has 0 fully saturated rings. The molecule has 7 heteroatoms. The van der Waals surface area contributed by atoms with E-state index in [-0.39, 0.29) is 5.56 Å². The summed E-state index contributed by atoms with van der Waals surface area (Å²) in [7, 11) is 3.17. The van der Waals surface area contributed by atoms with Crippen molar-refractivity contribution in [1.82, 2.24) is 14.8 Å². The molecular weight excluding hydrogens is 312 g/mol. The molecule has 2 aromatic rings. The molecule has 1 N–H and O–H groups in total. The van der Waals surface area contributed by atoms with Crippen molar-refractivity contribution in [3.05, 3.63) is 44.9 Å². The molecule has 0 spiro atoms. The van der Waals surface area contributed by atoms with Gasteiger partial charge in [-0.3, -0.25) is 4.79 Å². The Morgan fingerprint density at radius 2 is 2.21 bits per heavy atom. The third-order valence-corrected chi connectivity index (χ3v) is 3.33. The van der Waals surface area contributed by atoms with Crippen molar-refractivity contribution < 1.29 is 4.74 Å². The van der Waals surface area contributed by atoms with Crippen molar-refractivity contribution in [3.8, 4) is 5.88 Å². The molecule has 0 atom stereocenters. The summed E-state index contributed by atoms with van der Waals surface area (Å²) in [5.41, 5.74) is 1.45. The van der Waals surface area contributed by atoms with Crippen LogP contribution in [0.25, 0.3) is 0 Å². The molecule has 6 nitrogen and oxygen atoms in total. The molecule has 100 valence electrons. The van der Waals surface area contributed by atoms with Crippen molar-refractivity contribution >= 4 is 21.6 Å². The molecule has 2 heterocycles. The molecule has 0 unspecified atom stereocenters. The van der Waals surface area contributed by atoms with Crippen molar-refractivity contribution in [2.45, 2.75) is 6.54 Å². The number of aromatic nitrogens is 3. The summed E-state index contributed by atoms with van der Waals surface area (Å²) in [6.45, 7) is 0.546. The van der Waals surface area contributed by atoms with Gasteiger partial charge in [0.2, 0.25) is 5.88 Å². The lowest BCUT2D eigenvalue weighted by Crippen LogP contribution is -2.21. The van der Waals surface area contributed by atoms with Crippen LogP contribution < -0.4 is 15.6 Å². The van der Waals surface area contributed by atoms with E-state index in [9.17, 15) is 4.79 Å². The van der Waals surface area contributed by atoms with E-state index in [2.05, 4.69) is 31.3 Å². The first-order chi connectivity index (χ1) is 9.11. The van der Waals surface area contributed by atoms with Crippen LogP contribution in [0.2, 0.25) is 0 Å². The van der Waals surface area contributed by atoms with Gasteiger partial charge in [-0.15, -0.1) is 0 Å². The Hall–Kier alpha value is -1.89. The minimum absolute atomic E-state index is 0.183. The zero-order valence-corrected chi connectivity index (χ0v) is 12.1. The van der Waals surface area contributed by atoms with E-state index < -0.39 is 0 Å². The van der Waals surface area contributed by atoms with E-state index in [4.69, 9.17) is 4.74 Å². The molecule has 0 aromatic carbocycles. The summed E-state index contributed by atoms with van der Waals surface area (Å²) >= 11 is 3.26. The number of hydrogen-bond donors (Lipinski definition) is 1. The standard InChI is InChI=1S/C12H13BrN4O2/c1-17-12(18)11(13)9(7-16-17)14-5-8-3-4-10(19-2)15-6-8/h3-4,6-7,14H,5H2,1-2H3. The number of methoxy groups -OCH3 is 1. The number of hydrogen-bond acceptors (Lipinski definition) is 5. The molecule has 0 bridgehead atoms. The van der Waals surface area contributed by atoms with E-state index in [1.807, 2.05) is 6.07 Å². The Morgan fingerprint density at radius 3 is 2.84 bits per heavy atom. The van der Waals surface area contributed by atoms with Crippen molar-refractivity contribution in [1.29, 1.82) is 0 Å². The van der Waals surface area contributed by atoms with Gasteiger partial charge >= 0.3 is 0 Å². The quantitative estimate of drug-likeness (QED) is 0.924. The number of rotatable bonds is 4. The molecule has 0 saturated heterocycles. The van der Waals surface area contributed by atoms with E-state index in [1.165, 1.54) is 4.68 Å². The van der Waals surface area contributed by atoms with Gasteiger partial charge in [0.05, 0.1) is 19.0 Å². The Kier molecular flexibility index (Phi) is 4.16. The first-order valence-electron chi connectivity index (χ1n) is 5.56. The highest BCUT2D eigenvalue weighted by Gasteiger charge is 2.06. The molecule has 0 amide bonds. The number of aryl methyl sites for hydroxylation is 1. The van der Waals surface area contributed by atoms with Gasteiger partial charge < -0.3 is 10.1 Å². The van der Waals surface area contributed by atoms with Crippen molar-refractivity contribution in [2.24, 2.45) is 7.05 Å². The maximum absolute atomic E-state index is 11.7. The average molecular weight is 325 g/mol. The monoisotopic (exact) mass is 324 g/mol. The smallest absolute Gasteiger partial charge is 0.282 e. The maximum Gasteiger partial charge on any atom is 0.282 e. The van der Waals surface area contributed by atoms with Crippen LogP contribution >= 0.6 is 15.9 Å². The largest absolute Gasteiger partial charge is 0.481 e. The summed E-state index contributed by atoms with van der Waals surface area (Å²) in [4.78, 5) is 15.8. The van der Waals surface area contributed by atoms with Gasteiger partial charge in [0.1, 0.15) is 4.47 Å². The molecule has 0 radical (unpaired) electrons. The molecule has 0 aliphatic rings.